The third-order valence-corrected chi connectivity index (χ3v) is 6.29. The van der Waals surface area contributed by atoms with Crippen LogP contribution in [0.25, 0.3) is 0 Å². The number of rotatable bonds is 7. The number of aliphatic carboxylic acids is 1. The zero-order valence-electron chi connectivity index (χ0n) is 19.7. The lowest BCUT2D eigenvalue weighted by molar-refractivity contribution is -0.192. The Bertz CT molecular complexity index is 1150. The molecule has 0 atom stereocenters. The number of hydrogen-bond acceptors (Lipinski definition) is 7. The molecule has 1 aliphatic heterocycles. The molecule has 0 radical (unpaired) electrons. The van der Waals surface area contributed by atoms with Crippen LogP contribution in [0, 0.1) is 6.92 Å². The number of aryl methyl sites for hydroxylation is 1. The van der Waals surface area contributed by atoms with Crippen LogP contribution in [0.1, 0.15) is 29.3 Å². The maximum Gasteiger partial charge on any atom is 0.490 e. The number of nitrogens with one attached hydrogen (secondary N) is 3. The number of piperazine rings is 1. The van der Waals surface area contributed by atoms with Crippen molar-refractivity contribution in [2.75, 3.05) is 42.3 Å². The van der Waals surface area contributed by atoms with Crippen molar-refractivity contribution in [3.63, 3.8) is 0 Å². The largest absolute Gasteiger partial charge is 0.490 e. The monoisotopic (exact) mass is 531 g/mol. The highest BCUT2D eigenvalue weighted by Crippen LogP contribution is 2.24. The molecule has 0 spiro atoms. The van der Waals surface area contributed by atoms with Crippen LogP contribution in [0.4, 0.5) is 24.7 Å². The average Bonchev–Trinajstić information content (AvgIpc) is 2.83. The smallest absolute Gasteiger partial charge is 0.475 e. The Hall–Kier alpha value is -3.39. The van der Waals surface area contributed by atoms with E-state index in [1.807, 2.05) is 18.7 Å². The van der Waals surface area contributed by atoms with Crippen LogP contribution in [0.2, 0.25) is 0 Å². The van der Waals surface area contributed by atoms with Crippen molar-refractivity contribution in [1.82, 2.24) is 15.6 Å². The number of carboxylic acids is 1. The molecule has 3 rings (SSSR count). The average molecular weight is 532 g/mol. The van der Waals surface area contributed by atoms with Crippen molar-refractivity contribution in [2.45, 2.75) is 31.3 Å². The highest BCUT2D eigenvalue weighted by atomic mass is 32.2. The summed E-state index contributed by atoms with van der Waals surface area (Å²) in [6.45, 7) is 7.48. The molecule has 14 heteroatoms. The summed E-state index contributed by atoms with van der Waals surface area (Å²) in [6.07, 6.45) is -2.82. The fourth-order valence-corrected chi connectivity index (χ4v) is 4.11. The molecule has 2 heterocycles. The van der Waals surface area contributed by atoms with Crippen molar-refractivity contribution < 1.29 is 36.3 Å². The number of hydrogen-bond donors (Lipinski definition) is 4. The molecule has 10 nitrogen and oxygen atoms in total. The number of benzene rings is 1. The molecule has 2 aromatic rings. The van der Waals surface area contributed by atoms with Crippen molar-refractivity contribution >= 4 is 33.4 Å². The summed E-state index contributed by atoms with van der Waals surface area (Å²) in [6, 6.07) is 8.14. The molecule has 0 bridgehead atoms. The number of pyridine rings is 1. The van der Waals surface area contributed by atoms with E-state index in [1.165, 1.54) is 6.20 Å². The maximum atomic E-state index is 12.7. The molecule has 1 fully saturated rings. The first-order valence-electron chi connectivity index (χ1n) is 11.0. The standard InChI is InChI=1S/C20H27N5O3S.C2HF3O2/c1-3-8-22-20(26)18-13-16(14-23-19(18)25-11-9-21-10-12-25)24-29(27,28)17-6-4-15(2)5-7-17;3-2(4,5)1(6)7/h4-7,13-14,21,24H,3,8-12H2,1-2H3,(H,22,26);(H,6,7). The van der Waals surface area contributed by atoms with Gasteiger partial charge in [-0.2, -0.15) is 13.2 Å². The Labute approximate surface area is 207 Å². The second-order valence-electron chi connectivity index (χ2n) is 7.81. The summed E-state index contributed by atoms with van der Waals surface area (Å²) in [5.74, 6) is -2.45. The number of nitrogens with zero attached hydrogens (tertiary/aromatic N) is 2. The molecule has 36 heavy (non-hydrogen) atoms. The van der Waals surface area contributed by atoms with E-state index in [1.54, 1.807) is 30.3 Å². The van der Waals surface area contributed by atoms with Crippen LogP contribution in [0.15, 0.2) is 41.4 Å². The van der Waals surface area contributed by atoms with E-state index >= 15 is 0 Å². The number of carbonyl (C=O) groups excluding carboxylic acids is 1. The minimum Gasteiger partial charge on any atom is -0.475 e. The third-order valence-electron chi connectivity index (χ3n) is 4.89. The van der Waals surface area contributed by atoms with Gasteiger partial charge in [0.2, 0.25) is 0 Å². The topological polar surface area (TPSA) is 141 Å². The number of halogens is 3. The first kappa shape index (κ1) is 28.8. The van der Waals surface area contributed by atoms with Gasteiger partial charge in [-0.1, -0.05) is 24.6 Å². The summed E-state index contributed by atoms with van der Waals surface area (Å²) in [5, 5.41) is 13.3. The SMILES string of the molecule is CCCNC(=O)c1cc(NS(=O)(=O)c2ccc(C)cc2)cnc1N1CCNCC1.O=C(O)C(F)(F)F. The lowest BCUT2D eigenvalue weighted by Crippen LogP contribution is -2.44. The maximum absolute atomic E-state index is 12.7. The van der Waals surface area contributed by atoms with E-state index in [0.717, 1.165) is 38.2 Å². The molecular weight excluding hydrogens is 503 g/mol. The highest BCUT2D eigenvalue weighted by Gasteiger charge is 2.38. The van der Waals surface area contributed by atoms with Crippen molar-refractivity contribution in [2.24, 2.45) is 0 Å². The fraction of sp³-hybridized carbons (Fsp3) is 0.409. The lowest BCUT2D eigenvalue weighted by Gasteiger charge is -2.30. The minimum atomic E-state index is -5.08. The Balaban J connectivity index is 0.000000572. The van der Waals surface area contributed by atoms with Gasteiger partial charge in [0.05, 0.1) is 22.3 Å². The number of carboxylic acid groups (broad SMARTS) is 1. The molecule has 1 aliphatic rings. The van der Waals surface area contributed by atoms with Gasteiger partial charge in [0.15, 0.2) is 0 Å². The van der Waals surface area contributed by atoms with Gasteiger partial charge in [0, 0.05) is 32.7 Å². The number of sulfonamides is 1. The Morgan fingerprint density at radius 2 is 1.75 bits per heavy atom. The quantitative estimate of drug-likeness (QED) is 0.427. The lowest BCUT2D eigenvalue weighted by atomic mass is 10.2. The summed E-state index contributed by atoms with van der Waals surface area (Å²) in [5.41, 5.74) is 1.59. The summed E-state index contributed by atoms with van der Waals surface area (Å²) in [7, 11) is -3.77. The van der Waals surface area contributed by atoms with Crippen molar-refractivity contribution in [1.29, 1.82) is 0 Å². The summed E-state index contributed by atoms with van der Waals surface area (Å²) in [4.78, 5) is 28.2. The third kappa shape index (κ3) is 8.37. The predicted molar refractivity (Wildman–Crippen MR) is 128 cm³/mol. The van der Waals surface area contributed by atoms with Crippen molar-refractivity contribution in [3.8, 4) is 0 Å². The van der Waals surface area contributed by atoms with Crippen molar-refractivity contribution in [3.05, 3.63) is 47.7 Å². The van der Waals surface area contributed by atoms with E-state index in [9.17, 15) is 26.4 Å². The zero-order chi connectivity index (χ0) is 26.9. The number of anilines is 2. The van der Waals surface area contributed by atoms with Gasteiger partial charge < -0.3 is 20.6 Å². The van der Waals surface area contributed by atoms with Crippen LogP contribution < -0.4 is 20.3 Å². The minimum absolute atomic E-state index is 0.159. The highest BCUT2D eigenvalue weighted by molar-refractivity contribution is 7.92. The van der Waals surface area contributed by atoms with Gasteiger partial charge in [-0.05, 0) is 31.5 Å². The molecule has 1 amide bonds. The van der Waals surface area contributed by atoms with Crippen LogP contribution in [-0.4, -0.2) is 69.3 Å². The van der Waals surface area contributed by atoms with Crippen LogP contribution >= 0.6 is 0 Å². The molecule has 1 saturated heterocycles. The molecule has 1 aromatic heterocycles. The number of amides is 1. The van der Waals surface area contributed by atoms with Crippen LogP contribution in [0.3, 0.4) is 0 Å². The Morgan fingerprint density at radius 1 is 1.17 bits per heavy atom. The van der Waals surface area contributed by atoms with E-state index < -0.39 is 22.2 Å². The van der Waals surface area contributed by atoms with Gasteiger partial charge in [-0.25, -0.2) is 18.2 Å². The van der Waals surface area contributed by atoms with Crippen LogP contribution in [-0.2, 0) is 14.8 Å². The van der Waals surface area contributed by atoms with E-state index in [-0.39, 0.29) is 16.5 Å². The first-order chi connectivity index (χ1) is 16.8. The molecule has 4 N–H and O–H groups in total. The van der Waals surface area contributed by atoms with Gasteiger partial charge in [0.1, 0.15) is 5.82 Å². The van der Waals surface area contributed by atoms with E-state index in [2.05, 4.69) is 20.3 Å². The number of carbonyl (C=O) groups is 2. The van der Waals surface area contributed by atoms with Gasteiger partial charge >= 0.3 is 12.1 Å². The molecule has 198 valence electrons. The van der Waals surface area contributed by atoms with E-state index in [4.69, 9.17) is 9.90 Å². The van der Waals surface area contributed by atoms with Gasteiger partial charge in [-0.15, -0.1) is 0 Å². The molecule has 0 unspecified atom stereocenters. The second kappa shape index (κ2) is 12.5. The first-order valence-corrected chi connectivity index (χ1v) is 12.5. The summed E-state index contributed by atoms with van der Waals surface area (Å²) >= 11 is 0. The fourth-order valence-electron chi connectivity index (χ4n) is 3.07. The van der Waals surface area contributed by atoms with Gasteiger partial charge in [-0.3, -0.25) is 9.52 Å². The molecule has 1 aromatic carbocycles. The zero-order valence-corrected chi connectivity index (χ0v) is 20.5. The van der Waals surface area contributed by atoms with E-state index in [0.29, 0.717) is 17.9 Å². The molecule has 0 aliphatic carbocycles. The number of alkyl halides is 3. The van der Waals surface area contributed by atoms with Crippen LogP contribution in [0.5, 0.6) is 0 Å². The predicted octanol–water partition coefficient (Wildman–Crippen LogP) is 2.37. The number of aromatic nitrogens is 1. The van der Waals surface area contributed by atoms with Gasteiger partial charge in [0.25, 0.3) is 15.9 Å². The normalized spacial score (nSPS) is 13.9. The molecule has 0 saturated carbocycles. The Morgan fingerprint density at radius 3 is 2.28 bits per heavy atom. The summed E-state index contributed by atoms with van der Waals surface area (Å²) < 4.78 is 59.7. The Kier molecular flexibility index (Phi) is 10.0. The second-order valence-corrected chi connectivity index (χ2v) is 9.49. The molecular formula is C22H28F3N5O5S.